The van der Waals surface area contributed by atoms with Crippen molar-refractivity contribution in [1.29, 1.82) is 0 Å². The van der Waals surface area contributed by atoms with Gasteiger partial charge in [0.25, 0.3) is 0 Å². The maximum atomic E-state index is 5.69. The quantitative estimate of drug-likeness (QED) is 0.259. The van der Waals surface area contributed by atoms with Crippen LogP contribution in [0, 0.1) is 5.92 Å². The van der Waals surface area contributed by atoms with Gasteiger partial charge in [-0.2, -0.15) is 0 Å². The van der Waals surface area contributed by atoms with E-state index in [0.717, 1.165) is 19.1 Å². The highest BCUT2D eigenvalue weighted by Crippen LogP contribution is 2.19. The molecule has 0 spiro atoms. The van der Waals surface area contributed by atoms with Crippen LogP contribution in [0.4, 0.5) is 0 Å². The van der Waals surface area contributed by atoms with E-state index in [1.54, 1.807) is 0 Å². The van der Waals surface area contributed by atoms with Crippen LogP contribution >= 0.6 is 0 Å². The van der Waals surface area contributed by atoms with Crippen molar-refractivity contribution in [3.63, 3.8) is 0 Å². The Morgan fingerprint density at radius 2 is 1.00 bits per heavy atom. The Hall–Kier alpha value is -0.0400. The van der Waals surface area contributed by atoms with Gasteiger partial charge < -0.3 is 4.74 Å². The SMILES string of the molecule is CCCCCCCCC(CCCCCCCC)COCC. The van der Waals surface area contributed by atoms with Crippen molar-refractivity contribution in [1.82, 2.24) is 0 Å². The van der Waals surface area contributed by atoms with Crippen molar-refractivity contribution in [2.24, 2.45) is 5.92 Å². The van der Waals surface area contributed by atoms with Gasteiger partial charge in [-0.3, -0.25) is 0 Å². The van der Waals surface area contributed by atoms with Gasteiger partial charge in [-0.1, -0.05) is 90.9 Å². The predicted octanol–water partition coefficient (Wildman–Crippen LogP) is 7.14. The highest BCUT2D eigenvalue weighted by Gasteiger charge is 2.08. The predicted molar refractivity (Wildman–Crippen MR) is 96.0 cm³/mol. The van der Waals surface area contributed by atoms with E-state index in [-0.39, 0.29) is 0 Å². The maximum absolute atomic E-state index is 5.69. The molecule has 0 N–H and O–H groups in total. The first-order chi connectivity index (χ1) is 10.3. The fourth-order valence-corrected chi connectivity index (χ4v) is 3.02. The van der Waals surface area contributed by atoms with Gasteiger partial charge in [-0.05, 0) is 25.7 Å². The lowest BCUT2D eigenvalue weighted by atomic mass is 9.95. The molecule has 0 saturated heterocycles. The van der Waals surface area contributed by atoms with Gasteiger partial charge in [0, 0.05) is 13.2 Å². The average molecular weight is 299 g/mol. The third-order valence-corrected chi connectivity index (χ3v) is 4.49. The number of ether oxygens (including phenoxy) is 1. The van der Waals surface area contributed by atoms with E-state index < -0.39 is 0 Å². The molecule has 21 heavy (non-hydrogen) atoms. The Kier molecular flexibility index (Phi) is 18.0. The molecule has 0 fully saturated rings. The van der Waals surface area contributed by atoms with Gasteiger partial charge >= 0.3 is 0 Å². The molecule has 1 nitrogen and oxygen atoms in total. The fourth-order valence-electron chi connectivity index (χ4n) is 3.02. The summed E-state index contributed by atoms with van der Waals surface area (Å²) in [5.74, 6) is 0.822. The molecule has 0 aliphatic heterocycles. The molecule has 0 aromatic carbocycles. The van der Waals surface area contributed by atoms with Crippen molar-refractivity contribution in [2.45, 2.75) is 111 Å². The van der Waals surface area contributed by atoms with Gasteiger partial charge in [-0.25, -0.2) is 0 Å². The molecule has 0 radical (unpaired) electrons. The fraction of sp³-hybridized carbons (Fsp3) is 1.00. The zero-order chi connectivity index (χ0) is 15.6. The molecular weight excluding hydrogens is 256 g/mol. The Morgan fingerprint density at radius 3 is 1.43 bits per heavy atom. The van der Waals surface area contributed by atoms with Crippen molar-refractivity contribution < 1.29 is 4.74 Å². The van der Waals surface area contributed by atoms with Crippen LogP contribution in [0.1, 0.15) is 111 Å². The van der Waals surface area contributed by atoms with Crippen molar-refractivity contribution in [3.8, 4) is 0 Å². The molecule has 0 aliphatic rings. The highest BCUT2D eigenvalue weighted by molar-refractivity contribution is 4.60. The lowest BCUT2D eigenvalue weighted by Gasteiger charge is -2.16. The smallest absolute Gasteiger partial charge is 0.0494 e. The third-order valence-electron chi connectivity index (χ3n) is 4.49. The number of unbranched alkanes of at least 4 members (excludes halogenated alkanes) is 10. The van der Waals surface area contributed by atoms with Crippen LogP contribution in [0.25, 0.3) is 0 Å². The molecule has 0 aromatic rings. The summed E-state index contributed by atoms with van der Waals surface area (Å²) in [6.45, 7) is 8.58. The van der Waals surface area contributed by atoms with E-state index in [2.05, 4.69) is 20.8 Å². The van der Waals surface area contributed by atoms with Crippen LogP contribution in [0.2, 0.25) is 0 Å². The van der Waals surface area contributed by atoms with E-state index in [0.29, 0.717) is 0 Å². The summed E-state index contributed by atoms with van der Waals surface area (Å²) >= 11 is 0. The average Bonchev–Trinajstić information content (AvgIpc) is 2.50. The van der Waals surface area contributed by atoms with Crippen LogP contribution in [-0.2, 0) is 4.74 Å². The molecule has 0 amide bonds. The van der Waals surface area contributed by atoms with Gasteiger partial charge in [0.1, 0.15) is 0 Å². The zero-order valence-electron chi connectivity index (χ0n) is 15.3. The highest BCUT2D eigenvalue weighted by atomic mass is 16.5. The van der Waals surface area contributed by atoms with Crippen molar-refractivity contribution >= 4 is 0 Å². The van der Waals surface area contributed by atoms with E-state index in [9.17, 15) is 0 Å². The molecule has 0 aromatic heterocycles. The molecule has 1 heteroatoms. The molecular formula is C20H42O. The molecule has 0 rings (SSSR count). The van der Waals surface area contributed by atoms with Gasteiger partial charge in [0.2, 0.25) is 0 Å². The first-order valence-corrected chi connectivity index (χ1v) is 9.92. The second-order valence-corrected chi connectivity index (χ2v) is 6.64. The topological polar surface area (TPSA) is 9.23 Å². The third kappa shape index (κ3) is 16.2. The van der Waals surface area contributed by atoms with E-state index in [1.165, 1.54) is 89.9 Å². The molecule has 0 unspecified atom stereocenters. The first kappa shape index (κ1) is 21.0. The Balaban J connectivity index is 3.56. The van der Waals surface area contributed by atoms with Gasteiger partial charge in [0.15, 0.2) is 0 Å². The summed E-state index contributed by atoms with van der Waals surface area (Å²) in [7, 11) is 0. The lowest BCUT2D eigenvalue weighted by Crippen LogP contribution is -2.10. The van der Waals surface area contributed by atoms with Crippen LogP contribution in [0.3, 0.4) is 0 Å². The molecule has 128 valence electrons. The Bertz CT molecular complexity index is 163. The first-order valence-electron chi connectivity index (χ1n) is 9.92. The van der Waals surface area contributed by atoms with Crippen molar-refractivity contribution in [3.05, 3.63) is 0 Å². The minimum Gasteiger partial charge on any atom is -0.381 e. The standard InChI is InChI=1S/C20H42O/c1-4-7-9-11-13-15-17-20(19-21-6-3)18-16-14-12-10-8-5-2/h20H,4-19H2,1-3H3. The molecule has 0 aliphatic carbocycles. The summed E-state index contributed by atoms with van der Waals surface area (Å²) in [4.78, 5) is 0. The van der Waals surface area contributed by atoms with Gasteiger partial charge in [0.05, 0.1) is 0 Å². The monoisotopic (exact) mass is 298 g/mol. The van der Waals surface area contributed by atoms with Crippen LogP contribution < -0.4 is 0 Å². The summed E-state index contributed by atoms with van der Waals surface area (Å²) < 4.78 is 5.69. The van der Waals surface area contributed by atoms with E-state index in [1.807, 2.05) is 0 Å². The summed E-state index contributed by atoms with van der Waals surface area (Å²) in [5, 5.41) is 0. The summed E-state index contributed by atoms with van der Waals surface area (Å²) in [5.41, 5.74) is 0. The molecule has 0 heterocycles. The van der Waals surface area contributed by atoms with Crippen LogP contribution in [0.5, 0.6) is 0 Å². The Labute approximate surface area is 135 Å². The normalized spacial score (nSPS) is 11.4. The Morgan fingerprint density at radius 1 is 0.571 bits per heavy atom. The number of rotatable bonds is 17. The summed E-state index contributed by atoms with van der Waals surface area (Å²) in [6, 6.07) is 0. The van der Waals surface area contributed by atoms with Crippen molar-refractivity contribution in [2.75, 3.05) is 13.2 Å². The van der Waals surface area contributed by atoms with E-state index in [4.69, 9.17) is 4.74 Å². The minimum atomic E-state index is 0.822. The number of hydrogen-bond acceptors (Lipinski definition) is 1. The lowest BCUT2D eigenvalue weighted by molar-refractivity contribution is 0.101. The number of hydrogen-bond donors (Lipinski definition) is 0. The van der Waals surface area contributed by atoms with Gasteiger partial charge in [-0.15, -0.1) is 0 Å². The maximum Gasteiger partial charge on any atom is 0.0494 e. The molecule has 0 atom stereocenters. The van der Waals surface area contributed by atoms with Crippen LogP contribution in [0.15, 0.2) is 0 Å². The van der Waals surface area contributed by atoms with E-state index >= 15 is 0 Å². The molecule has 0 saturated carbocycles. The zero-order valence-corrected chi connectivity index (χ0v) is 15.3. The molecule has 0 bridgehead atoms. The second kappa shape index (κ2) is 18.0. The largest absolute Gasteiger partial charge is 0.381 e. The second-order valence-electron chi connectivity index (χ2n) is 6.64. The summed E-state index contributed by atoms with van der Waals surface area (Å²) in [6.07, 6.45) is 19.7. The van der Waals surface area contributed by atoms with Crippen LogP contribution in [-0.4, -0.2) is 13.2 Å². The minimum absolute atomic E-state index is 0.822.